The van der Waals surface area contributed by atoms with Crippen LogP contribution in [0.3, 0.4) is 0 Å². The van der Waals surface area contributed by atoms with E-state index in [0.717, 1.165) is 97.7 Å². The minimum absolute atomic E-state index is 0.192. The minimum Gasteiger partial charge on any atom is -0.399 e. The first-order valence-electron chi connectivity index (χ1n) is 31.5. The first-order valence-corrected chi connectivity index (χ1v) is 26.5. The molecular formula is C75H57BO2. The fourth-order valence-electron chi connectivity index (χ4n) is 12.1. The molecule has 78 heavy (non-hydrogen) atoms. The van der Waals surface area contributed by atoms with Gasteiger partial charge in [0.1, 0.15) is 0 Å². The second-order valence-electron chi connectivity index (χ2n) is 21.4. The summed E-state index contributed by atoms with van der Waals surface area (Å²) in [6.07, 6.45) is 0. The summed E-state index contributed by atoms with van der Waals surface area (Å²) in [4.78, 5) is 0. The second-order valence-corrected chi connectivity index (χ2v) is 21.4. The molecule has 0 aliphatic carbocycles. The SMILES string of the molecule is [2H]c1c([2H])c([2H])c(-c2c3ccccc3c(-c3ccc4c(c3)cc(B3OC(C)(C)C(C)(C)O3)c3ccccc34)c3ccccc23)c([2H])c1[2H].[2H]c1c([2H])c([2H])c(-c2c3ccccc3c(-c3ccc4c(c3)cc(C)c3ccccc34)c3ccccc23)c([2H])c1[2H]. The highest BCUT2D eigenvalue weighted by Gasteiger charge is 2.52. The summed E-state index contributed by atoms with van der Waals surface area (Å²) in [5.41, 5.74) is 7.16. The lowest BCUT2D eigenvalue weighted by Gasteiger charge is -2.32. The van der Waals surface area contributed by atoms with Gasteiger partial charge in [0.2, 0.25) is 0 Å². The zero-order valence-electron chi connectivity index (χ0n) is 53.9. The molecule has 1 aliphatic heterocycles. The summed E-state index contributed by atoms with van der Waals surface area (Å²) in [6, 6.07) is 63.4. The van der Waals surface area contributed by atoms with Crippen molar-refractivity contribution in [3.05, 3.63) is 260 Å². The molecule has 1 aliphatic rings. The third kappa shape index (κ3) is 7.79. The van der Waals surface area contributed by atoms with Crippen LogP contribution in [0.25, 0.3) is 131 Å². The van der Waals surface area contributed by atoms with E-state index in [-0.39, 0.29) is 65.5 Å². The van der Waals surface area contributed by atoms with Gasteiger partial charge in [-0.25, -0.2) is 0 Å². The van der Waals surface area contributed by atoms with E-state index in [2.05, 4.69) is 150 Å². The van der Waals surface area contributed by atoms with Gasteiger partial charge in [-0.3, -0.25) is 0 Å². The molecule has 14 aromatic carbocycles. The average molecular weight is 1010 g/mol. The molecule has 0 bridgehead atoms. The van der Waals surface area contributed by atoms with E-state index in [4.69, 9.17) is 23.0 Å². The number of rotatable bonds is 5. The largest absolute Gasteiger partial charge is 0.495 e. The van der Waals surface area contributed by atoms with E-state index in [1.807, 2.05) is 78.9 Å². The molecule has 3 heteroatoms. The molecule has 0 saturated carbocycles. The highest BCUT2D eigenvalue weighted by molar-refractivity contribution is 6.65. The van der Waals surface area contributed by atoms with Crippen LogP contribution in [-0.2, 0) is 9.31 Å². The molecule has 1 saturated heterocycles. The maximum Gasteiger partial charge on any atom is 0.495 e. The Morgan fingerprint density at radius 3 is 1.00 bits per heavy atom. The van der Waals surface area contributed by atoms with Gasteiger partial charge in [-0.05, 0) is 188 Å². The first kappa shape index (κ1) is 37.8. The van der Waals surface area contributed by atoms with Crippen molar-refractivity contribution in [3.63, 3.8) is 0 Å². The summed E-state index contributed by atoms with van der Waals surface area (Å²) in [7, 11) is -0.522. The van der Waals surface area contributed by atoms with Crippen LogP contribution in [0.5, 0.6) is 0 Å². The van der Waals surface area contributed by atoms with Crippen LogP contribution in [0.2, 0.25) is 0 Å². The highest BCUT2D eigenvalue weighted by atomic mass is 16.7. The Labute approximate surface area is 470 Å². The van der Waals surface area contributed by atoms with Crippen molar-refractivity contribution >= 4 is 98.8 Å². The van der Waals surface area contributed by atoms with Gasteiger partial charge in [0.05, 0.1) is 24.9 Å². The third-order valence-electron chi connectivity index (χ3n) is 16.4. The molecule has 1 fully saturated rings. The molecule has 15 rings (SSSR count). The van der Waals surface area contributed by atoms with Crippen molar-refractivity contribution in [1.29, 1.82) is 0 Å². The van der Waals surface area contributed by atoms with Gasteiger partial charge in [-0.15, -0.1) is 0 Å². The lowest BCUT2D eigenvalue weighted by atomic mass is 9.74. The number of fused-ring (bicyclic) bond motifs is 10. The molecule has 0 radical (unpaired) electrons. The standard InChI is InChI=1S/C40H33BO2.C35H24/c1-39(2)40(3,4)43-41(42-39)36-25-28-24-27(22-23-29(28)30-16-8-9-17-31(30)36)38-34-20-12-10-18-32(34)37(26-14-6-5-7-15-26)33-19-11-13-21-35(33)38;1-23-21-26-22-25(19-20-28(26)29-14-6-5-13-27(23)29)35-32-17-9-7-15-30(32)34(24-11-3-2-4-12-24)31-16-8-10-18-33(31)35/h5-25H,1-4H3;2-22H,1H3/i5D,6D,7D,14D,15D;2D,3D,4D,11D,12D. The Morgan fingerprint density at radius 1 is 0.308 bits per heavy atom. The van der Waals surface area contributed by atoms with Crippen LogP contribution in [0, 0.1) is 6.92 Å². The van der Waals surface area contributed by atoms with Crippen LogP contribution in [0.4, 0.5) is 0 Å². The van der Waals surface area contributed by atoms with Crippen molar-refractivity contribution in [2.75, 3.05) is 0 Å². The molecule has 14 aromatic rings. The van der Waals surface area contributed by atoms with Crippen LogP contribution in [0.15, 0.2) is 255 Å². The number of aryl methyl sites for hydroxylation is 1. The normalized spacial score (nSPS) is 15.8. The molecular weight excluding hydrogens is 944 g/mol. The molecule has 0 amide bonds. The van der Waals surface area contributed by atoms with Crippen LogP contribution in [0.1, 0.15) is 47.0 Å². The smallest absolute Gasteiger partial charge is 0.399 e. The average Bonchev–Trinajstić information content (AvgIpc) is 0.898. The Morgan fingerprint density at radius 2 is 0.615 bits per heavy atom. The van der Waals surface area contributed by atoms with Crippen LogP contribution >= 0.6 is 0 Å². The van der Waals surface area contributed by atoms with E-state index in [1.165, 1.54) is 21.7 Å². The molecule has 0 unspecified atom stereocenters. The monoisotopic (exact) mass is 1010 g/mol. The second kappa shape index (κ2) is 18.7. The summed E-state index contributed by atoms with van der Waals surface area (Å²) >= 11 is 0. The van der Waals surface area contributed by atoms with E-state index in [0.29, 0.717) is 11.1 Å². The fourth-order valence-corrected chi connectivity index (χ4v) is 12.1. The molecule has 372 valence electrons. The lowest BCUT2D eigenvalue weighted by Crippen LogP contribution is -2.41. The lowest BCUT2D eigenvalue weighted by molar-refractivity contribution is 0.00578. The summed E-state index contributed by atoms with van der Waals surface area (Å²) in [6.45, 7) is 10.4. The van der Waals surface area contributed by atoms with Gasteiger partial charge in [0.25, 0.3) is 0 Å². The molecule has 0 spiro atoms. The van der Waals surface area contributed by atoms with E-state index in [1.54, 1.807) is 0 Å². The quantitative estimate of drug-likeness (QED) is 0.0972. The highest BCUT2D eigenvalue weighted by Crippen LogP contribution is 2.47. The Bertz CT molecular complexity index is 5140. The van der Waals surface area contributed by atoms with Gasteiger partial charge in [0, 0.05) is 0 Å². The van der Waals surface area contributed by atoms with Crippen molar-refractivity contribution in [3.8, 4) is 44.5 Å². The van der Waals surface area contributed by atoms with E-state index >= 15 is 0 Å². The zero-order chi connectivity index (χ0) is 61.4. The van der Waals surface area contributed by atoms with Crippen LogP contribution in [-0.4, -0.2) is 18.3 Å². The van der Waals surface area contributed by atoms with E-state index in [9.17, 15) is 0 Å². The Balaban J connectivity index is 0.000000157. The van der Waals surface area contributed by atoms with Gasteiger partial charge in [0.15, 0.2) is 0 Å². The molecule has 0 atom stereocenters. The minimum atomic E-state index is -0.522. The summed E-state index contributed by atoms with van der Waals surface area (Å²) in [5.74, 6) is 0. The summed E-state index contributed by atoms with van der Waals surface area (Å²) in [5, 5.41) is 16.4. The molecule has 2 nitrogen and oxygen atoms in total. The van der Waals surface area contributed by atoms with Gasteiger partial charge in [-0.2, -0.15) is 0 Å². The zero-order valence-corrected chi connectivity index (χ0v) is 43.9. The van der Waals surface area contributed by atoms with Crippen molar-refractivity contribution in [2.45, 2.75) is 45.8 Å². The Kier molecular flexibility index (Phi) is 9.07. The van der Waals surface area contributed by atoms with Gasteiger partial charge < -0.3 is 9.31 Å². The van der Waals surface area contributed by atoms with Crippen LogP contribution < -0.4 is 5.46 Å². The van der Waals surface area contributed by atoms with E-state index < -0.39 is 24.4 Å². The summed E-state index contributed by atoms with van der Waals surface area (Å²) < 4.78 is 98.0. The van der Waals surface area contributed by atoms with Crippen molar-refractivity contribution in [1.82, 2.24) is 0 Å². The maximum absolute atomic E-state index is 8.84. The predicted molar refractivity (Wildman–Crippen MR) is 335 cm³/mol. The Hall–Kier alpha value is -8.86. The molecule has 1 heterocycles. The third-order valence-corrected chi connectivity index (χ3v) is 16.4. The number of hydrogen-bond donors (Lipinski definition) is 0. The van der Waals surface area contributed by atoms with Gasteiger partial charge in [-0.1, -0.05) is 242 Å². The molecule has 0 N–H and O–H groups in total. The maximum atomic E-state index is 8.84. The number of hydrogen-bond acceptors (Lipinski definition) is 2. The molecule has 0 aromatic heterocycles. The fraction of sp³-hybridized carbons (Fsp3) is 0.0933. The number of benzene rings is 14. The van der Waals surface area contributed by atoms with Crippen molar-refractivity contribution < 1.29 is 23.0 Å². The van der Waals surface area contributed by atoms with Gasteiger partial charge >= 0.3 is 7.12 Å². The first-order chi connectivity index (χ1) is 42.3. The van der Waals surface area contributed by atoms with Crippen molar-refractivity contribution in [2.24, 2.45) is 0 Å². The predicted octanol–water partition coefficient (Wildman–Crippen LogP) is 19.9. The topological polar surface area (TPSA) is 18.5 Å².